The average Bonchev–Trinajstić information content (AvgIpc) is 2.76. The molecule has 6 nitrogen and oxygen atoms in total. The van der Waals surface area contributed by atoms with Crippen LogP contribution in [0.15, 0.2) is 23.0 Å². The van der Waals surface area contributed by atoms with E-state index < -0.39 is 34.6 Å². The summed E-state index contributed by atoms with van der Waals surface area (Å²) in [5, 5.41) is 0. The third-order valence-electron chi connectivity index (χ3n) is 5.74. The van der Waals surface area contributed by atoms with Crippen molar-refractivity contribution in [2.75, 3.05) is 6.61 Å². The van der Waals surface area contributed by atoms with Crippen LogP contribution < -0.4 is 5.43 Å². The number of carbonyl (C=O) groups is 2. The molecule has 0 aliphatic heterocycles. The van der Waals surface area contributed by atoms with Gasteiger partial charge in [0.25, 0.3) is 0 Å². The summed E-state index contributed by atoms with van der Waals surface area (Å²) in [5.41, 5.74) is 0.149. The van der Waals surface area contributed by atoms with Gasteiger partial charge in [-0.1, -0.05) is 12.1 Å². The summed E-state index contributed by atoms with van der Waals surface area (Å²) < 4.78 is 40.4. The van der Waals surface area contributed by atoms with Gasteiger partial charge in [0.05, 0.1) is 6.61 Å². The van der Waals surface area contributed by atoms with Gasteiger partial charge in [-0.05, 0) is 77.8 Å². The van der Waals surface area contributed by atoms with E-state index in [1.54, 1.807) is 32.3 Å². The summed E-state index contributed by atoms with van der Waals surface area (Å²) in [5.74, 6) is -3.25. The topological polar surface area (TPSA) is 74.6 Å². The van der Waals surface area contributed by atoms with Crippen LogP contribution in [0.25, 0.3) is 0 Å². The van der Waals surface area contributed by atoms with Gasteiger partial charge >= 0.3 is 11.9 Å². The zero-order valence-corrected chi connectivity index (χ0v) is 20.1. The van der Waals surface area contributed by atoms with Crippen molar-refractivity contribution in [3.05, 3.63) is 68.1 Å². The van der Waals surface area contributed by atoms with Crippen LogP contribution in [0.4, 0.5) is 8.78 Å². The second-order valence-corrected chi connectivity index (χ2v) is 9.39. The number of benzene rings is 1. The second kappa shape index (κ2) is 10.5. The molecule has 1 aromatic carbocycles. The van der Waals surface area contributed by atoms with E-state index in [0.29, 0.717) is 24.1 Å². The van der Waals surface area contributed by atoms with Gasteiger partial charge < -0.3 is 14.0 Å². The highest BCUT2D eigenvalue weighted by molar-refractivity contribution is 5.91. The third-order valence-corrected chi connectivity index (χ3v) is 5.74. The summed E-state index contributed by atoms with van der Waals surface area (Å²) in [7, 11) is 0. The minimum atomic E-state index is -0.974. The first kappa shape index (κ1) is 25.6. The molecule has 2 aromatic rings. The fourth-order valence-corrected chi connectivity index (χ4v) is 4.33. The lowest BCUT2D eigenvalue weighted by Crippen LogP contribution is -2.36. The number of fused-ring (bicyclic) bond motifs is 1. The lowest BCUT2D eigenvalue weighted by molar-refractivity contribution is -0.143. The summed E-state index contributed by atoms with van der Waals surface area (Å²) in [6.07, 6.45) is 2.76. The molecule has 8 heteroatoms. The minimum Gasteiger partial charge on any atom is -0.465 e. The van der Waals surface area contributed by atoms with Crippen molar-refractivity contribution in [3.63, 3.8) is 0 Å². The number of aryl methyl sites for hydroxylation is 1. The molecule has 0 saturated carbocycles. The number of carbonyl (C=O) groups excluding carboxylic acids is 2. The van der Waals surface area contributed by atoms with Crippen molar-refractivity contribution in [3.8, 4) is 0 Å². The monoisotopic (exact) mass is 475 g/mol. The molecule has 3 rings (SSSR count). The summed E-state index contributed by atoms with van der Waals surface area (Å²) in [4.78, 5) is 39.2. The SMILES string of the molecule is CCOC(=O)Cn1c2c(c(=O)c(C(=O)OC(C)(C)C)c1CCc1cccc(F)c1F)CCCC2. The molecule has 0 spiro atoms. The number of aromatic nitrogens is 1. The average molecular weight is 476 g/mol. The maximum Gasteiger partial charge on any atom is 0.344 e. The number of ether oxygens (including phenoxy) is 2. The largest absolute Gasteiger partial charge is 0.465 e. The Labute approximate surface area is 197 Å². The number of pyridine rings is 1. The number of halogens is 2. The van der Waals surface area contributed by atoms with Crippen LogP contribution in [0.3, 0.4) is 0 Å². The molecule has 0 amide bonds. The third kappa shape index (κ3) is 5.72. The van der Waals surface area contributed by atoms with E-state index in [9.17, 15) is 23.2 Å². The molecule has 0 saturated heterocycles. The van der Waals surface area contributed by atoms with Gasteiger partial charge in [-0.15, -0.1) is 0 Å². The Bertz CT molecular complexity index is 1150. The van der Waals surface area contributed by atoms with E-state index in [1.807, 2.05) is 0 Å². The van der Waals surface area contributed by atoms with Gasteiger partial charge in [-0.25, -0.2) is 13.6 Å². The fourth-order valence-electron chi connectivity index (χ4n) is 4.33. The molecule has 1 aromatic heterocycles. The first-order valence-electron chi connectivity index (χ1n) is 11.6. The van der Waals surface area contributed by atoms with Crippen LogP contribution in [-0.4, -0.2) is 28.7 Å². The van der Waals surface area contributed by atoms with E-state index >= 15 is 0 Å². The van der Waals surface area contributed by atoms with Gasteiger partial charge in [0.2, 0.25) is 0 Å². The van der Waals surface area contributed by atoms with E-state index in [1.165, 1.54) is 12.1 Å². The van der Waals surface area contributed by atoms with Crippen molar-refractivity contribution in [1.82, 2.24) is 4.57 Å². The predicted octanol–water partition coefficient (Wildman–Crippen LogP) is 4.31. The first-order valence-corrected chi connectivity index (χ1v) is 11.6. The number of rotatable bonds is 7. The molecule has 1 aliphatic rings. The Hall–Kier alpha value is -3.03. The van der Waals surface area contributed by atoms with Gasteiger partial charge in [0.15, 0.2) is 17.1 Å². The number of hydrogen-bond acceptors (Lipinski definition) is 5. The minimum absolute atomic E-state index is 0.0282. The normalized spacial score (nSPS) is 13.4. The Kier molecular flexibility index (Phi) is 7.89. The Morgan fingerprint density at radius 3 is 2.47 bits per heavy atom. The van der Waals surface area contributed by atoms with Crippen molar-refractivity contribution >= 4 is 11.9 Å². The summed E-state index contributed by atoms with van der Waals surface area (Å²) in [6.45, 7) is 6.78. The quantitative estimate of drug-likeness (QED) is 0.558. The van der Waals surface area contributed by atoms with Crippen molar-refractivity contribution < 1.29 is 27.8 Å². The summed E-state index contributed by atoms with van der Waals surface area (Å²) >= 11 is 0. The molecule has 0 N–H and O–H groups in total. The molecule has 34 heavy (non-hydrogen) atoms. The maximum atomic E-state index is 14.3. The molecule has 0 unspecified atom stereocenters. The summed E-state index contributed by atoms with van der Waals surface area (Å²) in [6, 6.07) is 3.89. The van der Waals surface area contributed by atoms with E-state index in [2.05, 4.69) is 0 Å². The molecule has 0 radical (unpaired) electrons. The standard InChI is InChI=1S/C26H31F2NO5/c1-5-33-21(30)15-29-19-12-7-6-10-17(19)24(31)22(25(32)34-26(2,3)4)20(29)14-13-16-9-8-11-18(27)23(16)28/h8-9,11H,5-7,10,12-15H2,1-4H3. The van der Waals surface area contributed by atoms with Gasteiger partial charge in [-0.2, -0.15) is 0 Å². The zero-order valence-electron chi connectivity index (χ0n) is 20.1. The van der Waals surface area contributed by atoms with E-state index in [4.69, 9.17) is 9.47 Å². The molecule has 0 bridgehead atoms. The van der Waals surface area contributed by atoms with E-state index in [-0.39, 0.29) is 42.8 Å². The second-order valence-electron chi connectivity index (χ2n) is 9.39. The Morgan fingerprint density at radius 1 is 1.09 bits per heavy atom. The highest BCUT2D eigenvalue weighted by atomic mass is 19.2. The molecule has 0 fully saturated rings. The van der Waals surface area contributed by atoms with Crippen LogP contribution in [0, 0.1) is 11.6 Å². The van der Waals surface area contributed by atoms with Crippen LogP contribution in [-0.2, 0) is 46.5 Å². The van der Waals surface area contributed by atoms with Gasteiger partial charge in [0, 0.05) is 17.0 Å². The molecule has 0 atom stereocenters. The fraction of sp³-hybridized carbons (Fsp3) is 0.500. The first-order chi connectivity index (χ1) is 16.0. The zero-order chi connectivity index (χ0) is 25.0. The highest BCUT2D eigenvalue weighted by Crippen LogP contribution is 2.25. The smallest absolute Gasteiger partial charge is 0.344 e. The van der Waals surface area contributed by atoms with Crippen LogP contribution in [0.5, 0.6) is 0 Å². The Balaban J connectivity index is 2.19. The lowest BCUT2D eigenvalue weighted by Gasteiger charge is -2.27. The number of nitrogens with zero attached hydrogens (tertiary/aromatic N) is 1. The number of hydrogen-bond donors (Lipinski definition) is 0. The van der Waals surface area contributed by atoms with Crippen molar-refractivity contribution in [2.45, 2.75) is 78.4 Å². The van der Waals surface area contributed by atoms with Crippen LogP contribution in [0.2, 0.25) is 0 Å². The molecule has 1 aliphatic carbocycles. The van der Waals surface area contributed by atoms with Gasteiger partial charge in [-0.3, -0.25) is 9.59 Å². The molecule has 184 valence electrons. The lowest BCUT2D eigenvalue weighted by atomic mass is 9.91. The van der Waals surface area contributed by atoms with Crippen molar-refractivity contribution in [2.24, 2.45) is 0 Å². The van der Waals surface area contributed by atoms with Crippen LogP contribution in [0.1, 0.15) is 73.4 Å². The van der Waals surface area contributed by atoms with Crippen LogP contribution >= 0.6 is 0 Å². The molecular weight excluding hydrogens is 444 g/mol. The predicted molar refractivity (Wildman–Crippen MR) is 123 cm³/mol. The Morgan fingerprint density at radius 2 is 1.79 bits per heavy atom. The van der Waals surface area contributed by atoms with Crippen molar-refractivity contribution in [1.29, 1.82) is 0 Å². The molecular formula is C26H31F2NO5. The molecule has 1 heterocycles. The van der Waals surface area contributed by atoms with Gasteiger partial charge in [0.1, 0.15) is 17.7 Å². The maximum absolute atomic E-state index is 14.3. The van der Waals surface area contributed by atoms with E-state index in [0.717, 1.165) is 18.9 Å². The highest BCUT2D eigenvalue weighted by Gasteiger charge is 2.31. The number of esters is 2.